The number of nitrogens with zero attached hydrogens (tertiary/aromatic N) is 2. The molecule has 0 aliphatic rings. The summed E-state index contributed by atoms with van der Waals surface area (Å²) >= 11 is 6.03. The third-order valence-electron chi connectivity index (χ3n) is 2.72. The largest absolute Gasteiger partial charge is 0.466 e. The summed E-state index contributed by atoms with van der Waals surface area (Å²) in [4.78, 5) is 7.89. The molecule has 0 bridgehead atoms. The number of aryl methyl sites for hydroxylation is 2. The minimum atomic E-state index is 0.0225. The van der Waals surface area contributed by atoms with Crippen LogP contribution in [0.5, 0.6) is 0 Å². The van der Waals surface area contributed by atoms with E-state index >= 15 is 0 Å². The number of rotatable bonds is 3. The number of hydrogen-bond donors (Lipinski definition) is 2. The van der Waals surface area contributed by atoms with Crippen molar-refractivity contribution in [1.29, 1.82) is 0 Å². The highest BCUT2D eigenvalue weighted by atomic mass is 35.5. The van der Waals surface area contributed by atoms with Gasteiger partial charge in [0.15, 0.2) is 5.82 Å². The van der Waals surface area contributed by atoms with Crippen LogP contribution in [-0.4, -0.2) is 9.97 Å². The summed E-state index contributed by atoms with van der Waals surface area (Å²) in [6, 6.07) is 2.01. The van der Waals surface area contributed by atoms with Gasteiger partial charge in [0.05, 0.1) is 6.04 Å². The third-order valence-corrected chi connectivity index (χ3v) is 3.09. The van der Waals surface area contributed by atoms with Crippen LogP contribution in [0, 0.1) is 13.8 Å². The molecule has 5 nitrogen and oxygen atoms in total. The van der Waals surface area contributed by atoms with Gasteiger partial charge in [0, 0.05) is 5.56 Å². The van der Waals surface area contributed by atoms with Crippen molar-refractivity contribution in [2.75, 3.05) is 11.1 Å². The number of hydrogen-bond acceptors (Lipinski definition) is 5. The third kappa shape index (κ3) is 2.41. The van der Waals surface area contributed by atoms with Crippen molar-refractivity contribution in [1.82, 2.24) is 9.97 Å². The maximum Gasteiger partial charge on any atom is 0.150 e. The topological polar surface area (TPSA) is 77.0 Å². The molecule has 3 N–H and O–H groups in total. The molecule has 2 rings (SSSR count). The van der Waals surface area contributed by atoms with Crippen molar-refractivity contribution in [3.63, 3.8) is 0 Å². The summed E-state index contributed by atoms with van der Waals surface area (Å²) in [7, 11) is 0. The second-order valence-electron chi connectivity index (χ2n) is 4.16. The fourth-order valence-electron chi connectivity index (χ4n) is 1.85. The number of aromatic nitrogens is 2. The lowest BCUT2D eigenvalue weighted by Crippen LogP contribution is -2.09. The Morgan fingerprint density at radius 1 is 1.39 bits per heavy atom. The first kappa shape index (κ1) is 12.7. The monoisotopic (exact) mass is 266 g/mol. The molecule has 0 aliphatic heterocycles. The first-order valence-corrected chi connectivity index (χ1v) is 5.96. The van der Waals surface area contributed by atoms with E-state index in [-0.39, 0.29) is 11.9 Å². The zero-order valence-corrected chi connectivity index (χ0v) is 11.2. The minimum Gasteiger partial charge on any atom is -0.466 e. The van der Waals surface area contributed by atoms with Gasteiger partial charge < -0.3 is 15.5 Å². The van der Waals surface area contributed by atoms with E-state index in [1.165, 1.54) is 6.33 Å². The van der Waals surface area contributed by atoms with Crippen LogP contribution in [0.25, 0.3) is 0 Å². The zero-order chi connectivity index (χ0) is 13.3. The number of nitrogen functional groups attached to an aromatic ring is 1. The molecule has 0 saturated carbocycles. The van der Waals surface area contributed by atoms with Gasteiger partial charge in [-0.25, -0.2) is 9.97 Å². The molecule has 0 radical (unpaired) electrons. The Morgan fingerprint density at radius 2 is 2.11 bits per heavy atom. The van der Waals surface area contributed by atoms with E-state index in [4.69, 9.17) is 21.8 Å². The van der Waals surface area contributed by atoms with Gasteiger partial charge in [0.25, 0.3) is 0 Å². The summed E-state index contributed by atoms with van der Waals surface area (Å²) in [5, 5.41) is 3.53. The SMILES string of the molecule is Cc1cc(C(C)Nc2ncnc(N)c2Cl)c(C)o1. The maximum atomic E-state index is 6.03. The average Bonchev–Trinajstić information content (AvgIpc) is 2.64. The number of nitrogens with two attached hydrogens (primary N) is 1. The Bertz CT molecular complexity index is 567. The van der Waals surface area contributed by atoms with Crippen molar-refractivity contribution < 1.29 is 4.42 Å². The van der Waals surface area contributed by atoms with Crippen LogP contribution in [0.3, 0.4) is 0 Å². The van der Waals surface area contributed by atoms with Crippen LogP contribution >= 0.6 is 11.6 Å². The molecule has 0 spiro atoms. The molecule has 2 heterocycles. The highest BCUT2D eigenvalue weighted by Crippen LogP contribution is 2.29. The van der Waals surface area contributed by atoms with Gasteiger partial charge in [0.1, 0.15) is 28.7 Å². The molecule has 2 aromatic rings. The molecular formula is C12H15ClN4O. The van der Waals surface area contributed by atoms with Gasteiger partial charge in [-0.1, -0.05) is 11.6 Å². The molecule has 0 fully saturated rings. The predicted octanol–water partition coefficient (Wildman–Crippen LogP) is 3.10. The standard InChI is InChI=1S/C12H15ClN4O/c1-6-4-9(8(3)18-6)7(2)17-12-10(13)11(14)15-5-16-12/h4-5,7H,1-3H3,(H3,14,15,16,17). The maximum absolute atomic E-state index is 6.03. The highest BCUT2D eigenvalue weighted by Gasteiger charge is 2.15. The number of anilines is 2. The van der Waals surface area contributed by atoms with Crippen LogP contribution in [0.2, 0.25) is 5.02 Å². The molecule has 0 aromatic carbocycles. The summed E-state index contributed by atoms with van der Waals surface area (Å²) < 4.78 is 5.50. The Morgan fingerprint density at radius 3 is 2.72 bits per heavy atom. The van der Waals surface area contributed by atoms with E-state index in [1.54, 1.807) is 0 Å². The minimum absolute atomic E-state index is 0.0225. The average molecular weight is 267 g/mol. The molecule has 18 heavy (non-hydrogen) atoms. The molecule has 1 unspecified atom stereocenters. The molecule has 6 heteroatoms. The Hall–Kier alpha value is -1.75. The summed E-state index contributed by atoms with van der Waals surface area (Å²) in [6.45, 7) is 5.85. The van der Waals surface area contributed by atoms with Crippen LogP contribution in [0.15, 0.2) is 16.8 Å². The highest BCUT2D eigenvalue weighted by molar-refractivity contribution is 6.35. The lowest BCUT2D eigenvalue weighted by atomic mass is 10.1. The fourth-order valence-corrected chi connectivity index (χ4v) is 2.00. The lowest BCUT2D eigenvalue weighted by Gasteiger charge is -2.15. The van der Waals surface area contributed by atoms with Crippen molar-refractivity contribution in [3.8, 4) is 0 Å². The summed E-state index contributed by atoms with van der Waals surface area (Å²) in [5.74, 6) is 2.55. The van der Waals surface area contributed by atoms with Crippen molar-refractivity contribution in [2.45, 2.75) is 26.8 Å². The summed E-state index contributed by atoms with van der Waals surface area (Å²) in [5.41, 5.74) is 6.70. The fraction of sp³-hybridized carbons (Fsp3) is 0.333. The van der Waals surface area contributed by atoms with Crippen molar-refractivity contribution in [3.05, 3.63) is 34.5 Å². The first-order valence-electron chi connectivity index (χ1n) is 5.58. The molecule has 1 atom stereocenters. The number of halogens is 1. The lowest BCUT2D eigenvalue weighted by molar-refractivity contribution is 0.500. The van der Waals surface area contributed by atoms with E-state index in [0.717, 1.165) is 17.1 Å². The van der Waals surface area contributed by atoms with Crippen molar-refractivity contribution in [2.24, 2.45) is 0 Å². The van der Waals surface area contributed by atoms with E-state index in [9.17, 15) is 0 Å². The molecule has 0 aliphatic carbocycles. The Balaban J connectivity index is 2.24. The van der Waals surface area contributed by atoms with Gasteiger partial charge in [-0.15, -0.1) is 0 Å². The molecule has 0 amide bonds. The predicted molar refractivity (Wildman–Crippen MR) is 71.7 cm³/mol. The zero-order valence-electron chi connectivity index (χ0n) is 10.5. The smallest absolute Gasteiger partial charge is 0.150 e. The summed E-state index contributed by atoms with van der Waals surface area (Å²) in [6.07, 6.45) is 1.38. The van der Waals surface area contributed by atoms with E-state index in [1.807, 2.05) is 26.8 Å². The van der Waals surface area contributed by atoms with E-state index in [2.05, 4.69) is 15.3 Å². The Kier molecular flexibility index (Phi) is 3.43. The van der Waals surface area contributed by atoms with E-state index in [0.29, 0.717) is 10.8 Å². The van der Waals surface area contributed by atoms with Gasteiger partial charge in [0.2, 0.25) is 0 Å². The molecule has 0 saturated heterocycles. The van der Waals surface area contributed by atoms with Gasteiger partial charge in [-0.05, 0) is 26.8 Å². The second kappa shape index (κ2) is 4.86. The van der Waals surface area contributed by atoms with E-state index < -0.39 is 0 Å². The van der Waals surface area contributed by atoms with Crippen LogP contribution < -0.4 is 11.1 Å². The quantitative estimate of drug-likeness (QED) is 0.893. The normalized spacial score (nSPS) is 12.4. The van der Waals surface area contributed by atoms with Crippen molar-refractivity contribution >= 4 is 23.2 Å². The Labute approximate surface area is 110 Å². The van der Waals surface area contributed by atoms with Crippen LogP contribution in [0.1, 0.15) is 30.0 Å². The number of furan rings is 1. The first-order chi connectivity index (χ1) is 8.49. The molecule has 96 valence electrons. The van der Waals surface area contributed by atoms with Crippen LogP contribution in [0.4, 0.5) is 11.6 Å². The van der Waals surface area contributed by atoms with Gasteiger partial charge in [-0.3, -0.25) is 0 Å². The van der Waals surface area contributed by atoms with Gasteiger partial charge >= 0.3 is 0 Å². The second-order valence-corrected chi connectivity index (χ2v) is 4.53. The van der Waals surface area contributed by atoms with Gasteiger partial charge in [-0.2, -0.15) is 0 Å². The number of nitrogens with one attached hydrogen (secondary N) is 1. The molecule has 2 aromatic heterocycles. The molecular weight excluding hydrogens is 252 g/mol. The van der Waals surface area contributed by atoms with Crippen LogP contribution in [-0.2, 0) is 0 Å².